The monoisotopic (exact) mass is 209 g/mol. The van der Waals surface area contributed by atoms with Crippen molar-refractivity contribution in [2.45, 2.75) is 20.3 Å². The number of carboxylic acid groups (broad SMARTS) is 1. The maximum Gasteiger partial charge on any atom is 0.303 e. The van der Waals surface area contributed by atoms with Crippen molar-refractivity contribution in [3.8, 4) is 0 Å². The van der Waals surface area contributed by atoms with E-state index in [9.17, 15) is 13.2 Å². The Labute approximate surface area is 78.2 Å². The fraction of sp³-hybridized carbons (Fsp3) is 0.857. The normalized spacial score (nSPS) is 14.0. The highest BCUT2D eigenvalue weighted by atomic mass is 32.2. The summed E-state index contributed by atoms with van der Waals surface area (Å²) in [7, 11) is -3.19. The molecule has 0 bridgehead atoms. The highest BCUT2D eigenvalue weighted by Gasteiger charge is 2.11. The molecule has 2 N–H and O–H groups in total. The lowest BCUT2D eigenvalue weighted by Gasteiger charge is -2.09. The largest absolute Gasteiger partial charge is 0.481 e. The lowest BCUT2D eigenvalue weighted by atomic mass is 10.1. The molecule has 0 aromatic rings. The van der Waals surface area contributed by atoms with Crippen molar-refractivity contribution < 1.29 is 18.3 Å². The quantitative estimate of drug-likeness (QED) is 0.646. The van der Waals surface area contributed by atoms with Gasteiger partial charge in [0, 0.05) is 13.0 Å². The average molecular weight is 209 g/mol. The van der Waals surface area contributed by atoms with Crippen LogP contribution in [0.2, 0.25) is 0 Å². The van der Waals surface area contributed by atoms with Crippen molar-refractivity contribution in [1.29, 1.82) is 0 Å². The molecule has 0 aliphatic carbocycles. The number of nitrogens with one attached hydrogen (secondary N) is 1. The molecule has 0 aliphatic rings. The van der Waals surface area contributed by atoms with Crippen LogP contribution in [0.25, 0.3) is 0 Å². The summed E-state index contributed by atoms with van der Waals surface area (Å²) in [4.78, 5) is 10.2. The van der Waals surface area contributed by atoms with Crippen LogP contribution in [0.5, 0.6) is 0 Å². The Hall–Kier alpha value is -0.620. The van der Waals surface area contributed by atoms with E-state index in [4.69, 9.17) is 5.11 Å². The molecule has 0 radical (unpaired) electrons. The maximum absolute atomic E-state index is 10.9. The Morgan fingerprint density at radius 2 is 2.08 bits per heavy atom. The van der Waals surface area contributed by atoms with E-state index in [1.165, 1.54) is 6.92 Å². The van der Waals surface area contributed by atoms with Crippen LogP contribution in [0.3, 0.4) is 0 Å². The molecule has 0 fully saturated rings. The van der Waals surface area contributed by atoms with Crippen molar-refractivity contribution in [1.82, 2.24) is 4.72 Å². The number of sulfonamides is 1. The first-order valence-electron chi connectivity index (χ1n) is 4.06. The zero-order valence-corrected chi connectivity index (χ0v) is 8.60. The molecule has 0 saturated heterocycles. The molecule has 0 rings (SSSR count). The molecule has 1 unspecified atom stereocenters. The Kier molecular flexibility index (Phi) is 4.94. The highest BCUT2D eigenvalue weighted by Crippen LogP contribution is 2.00. The van der Waals surface area contributed by atoms with Gasteiger partial charge < -0.3 is 5.11 Å². The number of aliphatic carboxylic acids is 1. The highest BCUT2D eigenvalue weighted by molar-refractivity contribution is 7.89. The Morgan fingerprint density at radius 3 is 2.46 bits per heavy atom. The molecule has 1 atom stereocenters. The lowest BCUT2D eigenvalue weighted by molar-refractivity contribution is -0.137. The second-order valence-corrected chi connectivity index (χ2v) is 5.05. The molecule has 0 aromatic heterocycles. The number of hydrogen-bond donors (Lipinski definition) is 2. The lowest BCUT2D eigenvalue weighted by Crippen LogP contribution is -2.30. The van der Waals surface area contributed by atoms with E-state index in [1.54, 1.807) is 6.92 Å². The van der Waals surface area contributed by atoms with E-state index in [2.05, 4.69) is 4.72 Å². The fourth-order valence-electron chi connectivity index (χ4n) is 0.742. The molecule has 0 heterocycles. The summed E-state index contributed by atoms with van der Waals surface area (Å²) < 4.78 is 24.2. The first-order valence-corrected chi connectivity index (χ1v) is 5.71. The summed E-state index contributed by atoms with van der Waals surface area (Å²) in [5.41, 5.74) is 0. The first kappa shape index (κ1) is 12.4. The van der Waals surface area contributed by atoms with Crippen molar-refractivity contribution in [3.05, 3.63) is 0 Å². The molecule has 13 heavy (non-hydrogen) atoms. The third-order valence-electron chi connectivity index (χ3n) is 1.55. The summed E-state index contributed by atoms with van der Waals surface area (Å²) in [5, 5.41) is 8.39. The van der Waals surface area contributed by atoms with Crippen LogP contribution in [0.15, 0.2) is 0 Å². The van der Waals surface area contributed by atoms with Crippen molar-refractivity contribution in [2.75, 3.05) is 12.3 Å². The average Bonchev–Trinajstić information content (AvgIpc) is 2.00. The van der Waals surface area contributed by atoms with Crippen LogP contribution < -0.4 is 4.72 Å². The van der Waals surface area contributed by atoms with Gasteiger partial charge in [-0.1, -0.05) is 6.92 Å². The molecule has 6 heteroatoms. The van der Waals surface area contributed by atoms with E-state index in [0.29, 0.717) is 0 Å². The van der Waals surface area contributed by atoms with Crippen LogP contribution in [-0.4, -0.2) is 31.8 Å². The van der Waals surface area contributed by atoms with Gasteiger partial charge in [0.05, 0.1) is 5.75 Å². The smallest absolute Gasteiger partial charge is 0.303 e. The van der Waals surface area contributed by atoms with Gasteiger partial charge in [0.1, 0.15) is 0 Å². The van der Waals surface area contributed by atoms with Crippen molar-refractivity contribution >= 4 is 16.0 Å². The van der Waals surface area contributed by atoms with E-state index in [0.717, 1.165) is 0 Å². The molecule has 0 aliphatic heterocycles. The van der Waals surface area contributed by atoms with Crippen LogP contribution in [0.4, 0.5) is 0 Å². The van der Waals surface area contributed by atoms with Gasteiger partial charge in [-0.25, -0.2) is 13.1 Å². The molecular weight excluding hydrogens is 194 g/mol. The summed E-state index contributed by atoms with van der Waals surface area (Å²) in [6.45, 7) is 3.40. The van der Waals surface area contributed by atoms with Gasteiger partial charge in [-0.3, -0.25) is 4.79 Å². The summed E-state index contributed by atoms with van der Waals surface area (Å²) in [6.07, 6.45) is -0.0216. The molecule has 0 amide bonds. The van der Waals surface area contributed by atoms with Gasteiger partial charge in [-0.15, -0.1) is 0 Å². The minimum absolute atomic E-state index is 0.0206. The zero-order chi connectivity index (χ0) is 10.5. The van der Waals surface area contributed by atoms with Gasteiger partial charge in [0.25, 0.3) is 0 Å². The molecule has 5 nitrogen and oxygen atoms in total. The standard InChI is InChI=1S/C7H15NO4S/c1-3-13(11,12)8-5-6(2)4-7(9)10/h6,8H,3-5H2,1-2H3,(H,9,10). The molecule has 0 spiro atoms. The second-order valence-electron chi connectivity index (χ2n) is 2.95. The van der Waals surface area contributed by atoms with E-state index in [1.807, 2.05) is 0 Å². The first-order chi connectivity index (χ1) is 5.87. The van der Waals surface area contributed by atoms with Gasteiger partial charge in [0.2, 0.25) is 10.0 Å². The summed E-state index contributed by atoms with van der Waals surface area (Å²) >= 11 is 0. The van der Waals surface area contributed by atoms with Crippen LogP contribution in [0.1, 0.15) is 20.3 Å². The van der Waals surface area contributed by atoms with Gasteiger partial charge >= 0.3 is 5.97 Å². The van der Waals surface area contributed by atoms with Gasteiger partial charge in [-0.05, 0) is 12.8 Å². The minimum atomic E-state index is -3.19. The van der Waals surface area contributed by atoms with Crippen LogP contribution in [0, 0.1) is 5.92 Å². The predicted molar refractivity (Wildman–Crippen MR) is 48.9 cm³/mol. The fourth-order valence-corrected chi connectivity index (χ4v) is 1.48. The third-order valence-corrected chi connectivity index (χ3v) is 2.92. The number of rotatable bonds is 6. The Morgan fingerprint density at radius 1 is 1.54 bits per heavy atom. The second kappa shape index (κ2) is 5.18. The van der Waals surface area contributed by atoms with E-state index < -0.39 is 16.0 Å². The Bertz CT molecular complexity index is 260. The van der Waals surface area contributed by atoms with Gasteiger partial charge in [-0.2, -0.15) is 0 Å². The number of carbonyl (C=O) groups is 1. The van der Waals surface area contributed by atoms with Crippen molar-refractivity contribution in [2.24, 2.45) is 5.92 Å². The van der Waals surface area contributed by atoms with Crippen molar-refractivity contribution in [3.63, 3.8) is 0 Å². The third kappa shape index (κ3) is 6.53. The maximum atomic E-state index is 10.9. The molecule has 0 saturated carbocycles. The minimum Gasteiger partial charge on any atom is -0.481 e. The summed E-state index contributed by atoms with van der Waals surface area (Å²) in [5.74, 6) is -1.07. The van der Waals surface area contributed by atoms with Gasteiger partial charge in [0.15, 0.2) is 0 Å². The van der Waals surface area contributed by atoms with E-state index >= 15 is 0 Å². The molecule has 0 aromatic carbocycles. The summed E-state index contributed by atoms with van der Waals surface area (Å²) in [6, 6.07) is 0. The Balaban J connectivity index is 3.83. The molecular formula is C7H15NO4S. The topological polar surface area (TPSA) is 83.5 Å². The number of hydrogen-bond acceptors (Lipinski definition) is 3. The predicted octanol–water partition coefficient (Wildman–Crippen LogP) is 0.0365. The van der Waals surface area contributed by atoms with E-state index in [-0.39, 0.29) is 24.6 Å². The SMILES string of the molecule is CCS(=O)(=O)NCC(C)CC(=O)O. The van der Waals surface area contributed by atoms with Crippen LogP contribution >= 0.6 is 0 Å². The van der Waals surface area contributed by atoms with Crippen LogP contribution in [-0.2, 0) is 14.8 Å². The molecule has 78 valence electrons. The number of carboxylic acids is 1. The zero-order valence-electron chi connectivity index (χ0n) is 7.78.